The highest BCUT2D eigenvalue weighted by Crippen LogP contribution is 2.30. The predicted octanol–water partition coefficient (Wildman–Crippen LogP) is 3.14. The SMILES string of the molecule is O=c1[nH]c2cccccc-2c1-c1nc2cc(N3CCN(c4ncccn4)CC3)ccc2[nH]1. The van der Waals surface area contributed by atoms with Gasteiger partial charge in [0.15, 0.2) is 0 Å². The molecule has 0 spiro atoms. The molecule has 4 heterocycles. The van der Waals surface area contributed by atoms with Gasteiger partial charge in [-0.1, -0.05) is 24.3 Å². The second kappa shape index (κ2) is 7.49. The van der Waals surface area contributed by atoms with E-state index in [0.29, 0.717) is 11.4 Å². The van der Waals surface area contributed by atoms with E-state index in [1.807, 2.05) is 42.5 Å². The van der Waals surface area contributed by atoms with E-state index in [1.165, 1.54) is 0 Å². The Labute approximate surface area is 183 Å². The third-order valence-electron chi connectivity index (χ3n) is 5.97. The highest BCUT2D eigenvalue weighted by molar-refractivity contribution is 5.87. The largest absolute Gasteiger partial charge is 0.368 e. The van der Waals surface area contributed by atoms with Crippen molar-refractivity contribution in [3.8, 4) is 22.6 Å². The van der Waals surface area contributed by atoms with Crippen molar-refractivity contribution < 1.29 is 0 Å². The number of piperazine rings is 1. The lowest BCUT2D eigenvalue weighted by Crippen LogP contribution is -2.47. The Morgan fingerprint density at radius 2 is 1.59 bits per heavy atom. The third-order valence-corrected chi connectivity index (χ3v) is 5.97. The van der Waals surface area contributed by atoms with Crippen LogP contribution in [-0.2, 0) is 0 Å². The van der Waals surface area contributed by atoms with Gasteiger partial charge in [0.2, 0.25) is 5.95 Å². The first-order valence-electron chi connectivity index (χ1n) is 10.6. The van der Waals surface area contributed by atoms with Crippen molar-refractivity contribution in [2.24, 2.45) is 0 Å². The summed E-state index contributed by atoms with van der Waals surface area (Å²) in [4.78, 5) is 36.9. The van der Waals surface area contributed by atoms with Gasteiger partial charge in [-0.25, -0.2) is 15.0 Å². The number of aromatic nitrogens is 5. The fraction of sp³-hybridized carbons (Fsp3) is 0.167. The van der Waals surface area contributed by atoms with Crippen molar-refractivity contribution in [2.75, 3.05) is 36.0 Å². The highest BCUT2D eigenvalue weighted by atomic mass is 16.1. The average molecular weight is 423 g/mol. The van der Waals surface area contributed by atoms with E-state index in [0.717, 1.165) is 60.1 Å². The van der Waals surface area contributed by atoms with E-state index in [2.05, 4.69) is 41.9 Å². The third kappa shape index (κ3) is 3.17. The molecule has 8 nitrogen and oxygen atoms in total. The average Bonchev–Trinajstić information content (AvgIpc) is 3.30. The van der Waals surface area contributed by atoms with Gasteiger partial charge in [0.1, 0.15) is 5.82 Å². The summed E-state index contributed by atoms with van der Waals surface area (Å²) in [7, 11) is 0. The van der Waals surface area contributed by atoms with Crippen LogP contribution in [-0.4, -0.2) is 51.1 Å². The van der Waals surface area contributed by atoms with Gasteiger partial charge in [0.05, 0.1) is 16.6 Å². The Kier molecular flexibility index (Phi) is 4.34. The van der Waals surface area contributed by atoms with E-state index >= 15 is 0 Å². The lowest BCUT2D eigenvalue weighted by atomic mass is 10.1. The van der Waals surface area contributed by atoms with Crippen molar-refractivity contribution in [2.45, 2.75) is 0 Å². The molecule has 1 aromatic carbocycles. The summed E-state index contributed by atoms with van der Waals surface area (Å²) in [6.07, 6.45) is 3.55. The molecule has 3 aliphatic rings. The van der Waals surface area contributed by atoms with Crippen LogP contribution in [0.3, 0.4) is 0 Å². The molecule has 0 amide bonds. The van der Waals surface area contributed by atoms with Crippen LogP contribution in [0.25, 0.3) is 33.7 Å². The molecule has 2 aliphatic heterocycles. The standard InChI is InChI=1S/C24H21N7O/c32-23-21(17-5-2-1-3-6-18(17)29-23)22-27-19-8-7-16(15-20(19)28-22)30-11-13-31(14-12-30)24-25-9-4-10-26-24/h1-10,15H,11-14H2,(H,27,28)(H,29,32). The zero-order valence-electron chi connectivity index (χ0n) is 17.3. The van der Waals surface area contributed by atoms with Crippen LogP contribution in [0, 0.1) is 0 Å². The van der Waals surface area contributed by atoms with Gasteiger partial charge in [-0.15, -0.1) is 0 Å². The smallest absolute Gasteiger partial charge is 0.260 e. The fourth-order valence-corrected chi connectivity index (χ4v) is 4.34. The summed E-state index contributed by atoms with van der Waals surface area (Å²) in [6, 6.07) is 17.7. The van der Waals surface area contributed by atoms with Gasteiger partial charge in [-0.3, -0.25) is 4.79 Å². The summed E-state index contributed by atoms with van der Waals surface area (Å²) in [5, 5.41) is 0. The Bertz CT molecular complexity index is 1420. The van der Waals surface area contributed by atoms with E-state index < -0.39 is 0 Å². The molecule has 0 atom stereocenters. The minimum atomic E-state index is -0.135. The molecular formula is C24H21N7O. The van der Waals surface area contributed by atoms with E-state index in [1.54, 1.807) is 12.4 Å². The quantitative estimate of drug-likeness (QED) is 0.463. The van der Waals surface area contributed by atoms with Crippen LogP contribution in [0.4, 0.5) is 11.6 Å². The Balaban J connectivity index is 1.28. The fourth-order valence-electron chi connectivity index (χ4n) is 4.34. The number of imidazole rings is 1. The van der Waals surface area contributed by atoms with Gasteiger partial charge in [-0.2, -0.15) is 0 Å². The molecule has 2 N–H and O–H groups in total. The predicted molar refractivity (Wildman–Crippen MR) is 125 cm³/mol. The number of rotatable bonds is 3. The van der Waals surface area contributed by atoms with Crippen molar-refractivity contribution >= 4 is 22.7 Å². The number of nitrogens with one attached hydrogen (secondary N) is 2. The van der Waals surface area contributed by atoms with Gasteiger partial charge < -0.3 is 19.8 Å². The second-order valence-corrected chi connectivity index (χ2v) is 7.88. The summed E-state index contributed by atoms with van der Waals surface area (Å²) in [5.41, 5.74) is 4.98. The van der Waals surface area contributed by atoms with Crippen LogP contribution in [0.1, 0.15) is 0 Å². The zero-order chi connectivity index (χ0) is 21.5. The topological polar surface area (TPSA) is 93.8 Å². The Morgan fingerprint density at radius 1 is 0.812 bits per heavy atom. The van der Waals surface area contributed by atoms with Gasteiger partial charge in [-0.05, 0) is 30.3 Å². The molecule has 3 aromatic rings. The maximum atomic E-state index is 12.6. The summed E-state index contributed by atoms with van der Waals surface area (Å²) < 4.78 is 0. The molecule has 1 aliphatic carbocycles. The van der Waals surface area contributed by atoms with E-state index in [4.69, 9.17) is 4.98 Å². The minimum Gasteiger partial charge on any atom is -0.368 e. The zero-order valence-corrected chi connectivity index (χ0v) is 17.3. The highest BCUT2D eigenvalue weighted by Gasteiger charge is 2.21. The lowest BCUT2D eigenvalue weighted by Gasteiger charge is -2.36. The summed E-state index contributed by atoms with van der Waals surface area (Å²) in [5.74, 6) is 1.37. The Hall–Kier alpha value is -4.20. The number of aromatic amines is 2. The maximum Gasteiger partial charge on any atom is 0.260 e. The number of nitrogens with zero attached hydrogens (tertiary/aromatic N) is 5. The van der Waals surface area contributed by atoms with Crippen LogP contribution < -0.4 is 15.4 Å². The van der Waals surface area contributed by atoms with Crippen molar-refractivity contribution in [3.63, 3.8) is 0 Å². The van der Waals surface area contributed by atoms with Crippen LogP contribution in [0.2, 0.25) is 0 Å². The van der Waals surface area contributed by atoms with Crippen LogP contribution in [0.5, 0.6) is 0 Å². The molecule has 0 radical (unpaired) electrons. The number of hydrogen-bond donors (Lipinski definition) is 2. The monoisotopic (exact) mass is 423 g/mol. The number of anilines is 2. The van der Waals surface area contributed by atoms with Crippen LogP contribution >= 0.6 is 0 Å². The summed E-state index contributed by atoms with van der Waals surface area (Å²) >= 11 is 0. The van der Waals surface area contributed by atoms with E-state index in [-0.39, 0.29) is 5.56 Å². The maximum absolute atomic E-state index is 12.6. The lowest BCUT2D eigenvalue weighted by molar-refractivity contribution is 0.640. The Morgan fingerprint density at radius 3 is 2.44 bits per heavy atom. The van der Waals surface area contributed by atoms with Gasteiger partial charge >= 0.3 is 0 Å². The van der Waals surface area contributed by atoms with Crippen molar-refractivity contribution in [1.82, 2.24) is 24.9 Å². The first-order valence-corrected chi connectivity index (χ1v) is 10.6. The van der Waals surface area contributed by atoms with Crippen molar-refractivity contribution in [1.29, 1.82) is 0 Å². The molecule has 0 saturated carbocycles. The van der Waals surface area contributed by atoms with Gasteiger partial charge in [0.25, 0.3) is 5.56 Å². The molecular weight excluding hydrogens is 402 g/mol. The van der Waals surface area contributed by atoms with Crippen molar-refractivity contribution in [3.05, 3.63) is 77.3 Å². The molecule has 0 unspecified atom stereocenters. The molecule has 0 bridgehead atoms. The van der Waals surface area contributed by atoms with Crippen LogP contribution in [0.15, 0.2) is 71.8 Å². The molecule has 1 saturated heterocycles. The summed E-state index contributed by atoms with van der Waals surface area (Å²) in [6.45, 7) is 3.48. The molecule has 32 heavy (non-hydrogen) atoms. The van der Waals surface area contributed by atoms with E-state index in [9.17, 15) is 4.79 Å². The second-order valence-electron chi connectivity index (χ2n) is 7.88. The first kappa shape index (κ1) is 18.6. The normalized spacial score (nSPS) is 14.4. The minimum absolute atomic E-state index is 0.135. The molecule has 158 valence electrons. The molecule has 2 aromatic heterocycles. The first-order chi connectivity index (χ1) is 15.8. The number of hydrogen-bond acceptors (Lipinski definition) is 6. The molecule has 1 fully saturated rings. The molecule has 8 heteroatoms. The number of H-pyrrole nitrogens is 2. The number of fused-ring (bicyclic) bond motifs is 2. The van der Waals surface area contributed by atoms with Gasteiger partial charge in [0, 0.05) is 55.5 Å². The molecule has 6 rings (SSSR count). The number of benzene rings is 1.